The third-order valence-electron chi connectivity index (χ3n) is 2.07. The van der Waals surface area contributed by atoms with Gasteiger partial charge in [0.1, 0.15) is 5.75 Å². The van der Waals surface area contributed by atoms with E-state index < -0.39 is 0 Å². The number of phenols is 1. The smallest absolute Gasteiger partial charge is 0.115 e. The van der Waals surface area contributed by atoms with E-state index in [4.69, 9.17) is 5.11 Å². The van der Waals surface area contributed by atoms with Crippen LogP contribution in [0.1, 0.15) is 5.56 Å². The number of hydrogen-bond donors (Lipinski definition) is 1. The molecule has 0 atom stereocenters. The zero-order chi connectivity index (χ0) is 9.97. The fraction of sp³-hybridized carbons (Fsp3) is 0.0769. The molecule has 0 aliphatic rings. The maximum Gasteiger partial charge on any atom is 0.115 e. The van der Waals surface area contributed by atoms with Gasteiger partial charge < -0.3 is 5.11 Å². The summed E-state index contributed by atoms with van der Waals surface area (Å²) >= 11 is 0. The second-order valence-corrected chi connectivity index (χ2v) is 3.23. The van der Waals surface area contributed by atoms with Crippen LogP contribution in [0.3, 0.4) is 0 Å². The van der Waals surface area contributed by atoms with Crippen LogP contribution in [-0.2, 0) is 0 Å². The Hall–Kier alpha value is -1.94. The van der Waals surface area contributed by atoms with Crippen LogP contribution < -0.4 is 0 Å². The highest BCUT2D eigenvalue weighted by Crippen LogP contribution is 2.19. The van der Waals surface area contributed by atoms with Gasteiger partial charge in [0.05, 0.1) is 0 Å². The highest BCUT2D eigenvalue weighted by molar-refractivity contribution is 5.62. The van der Waals surface area contributed by atoms with E-state index in [1.807, 2.05) is 31.2 Å². The minimum Gasteiger partial charge on any atom is -0.508 e. The zero-order valence-corrected chi connectivity index (χ0v) is 7.91. The molecule has 0 saturated heterocycles. The van der Waals surface area contributed by atoms with Crippen molar-refractivity contribution in [1.29, 1.82) is 0 Å². The topological polar surface area (TPSA) is 20.2 Å². The van der Waals surface area contributed by atoms with Crippen molar-refractivity contribution in [3.8, 4) is 16.9 Å². The number of hydrogen-bond acceptors (Lipinski definition) is 1. The van der Waals surface area contributed by atoms with Crippen molar-refractivity contribution in [3.63, 3.8) is 0 Å². The minimum atomic E-state index is 0.282. The molecule has 0 aliphatic heterocycles. The lowest BCUT2D eigenvalue weighted by molar-refractivity contribution is 0.475. The SMILES string of the molecule is Cc1c#cc(-c2ccc(O)cc2)cc1. The van der Waals surface area contributed by atoms with Crippen molar-refractivity contribution in [2.45, 2.75) is 6.92 Å². The van der Waals surface area contributed by atoms with E-state index in [9.17, 15) is 0 Å². The number of aromatic hydroxyl groups is 1. The largest absolute Gasteiger partial charge is 0.508 e. The summed E-state index contributed by atoms with van der Waals surface area (Å²) < 4.78 is 0. The summed E-state index contributed by atoms with van der Waals surface area (Å²) in [5, 5.41) is 9.13. The highest BCUT2D eigenvalue weighted by atomic mass is 16.3. The summed E-state index contributed by atoms with van der Waals surface area (Å²) in [5.41, 5.74) is 3.11. The molecule has 0 fully saturated rings. The van der Waals surface area contributed by atoms with Gasteiger partial charge in [0.25, 0.3) is 0 Å². The Balaban J connectivity index is 2.40. The standard InChI is InChI=1S/C13H10O/c1-10-2-4-11(5-3-10)12-6-8-13(14)9-7-12/h2,4,6-9,14H,1H3. The van der Waals surface area contributed by atoms with Crippen LogP contribution >= 0.6 is 0 Å². The molecule has 0 radical (unpaired) electrons. The van der Waals surface area contributed by atoms with Crippen LogP contribution in [0.25, 0.3) is 11.1 Å². The molecule has 0 saturated carbocycles. The predicted octanol–water partition coefficient (Wildman–Crippen LogP) is 2.97. The van der Waals surface area contributed by atoms with Crippen LogP contribution in [0, 0.1) is 19.1 Å². The molecule has 14 heavy (non-hydrogen) atoms. The summed E-state index contributed by atoms with van der Waals surface area (Å²) in [6, 6.07) is 17.2. The first kappa shape index (κ1) is 8.65. The van der Waals surface area contributed by atoms with Gasteiger partial charge in [0.2, 0.25) is 0 Å². The van der Waals surface area contributed by atoms with E-state index in [-0.39, 0.29) is 5.75 Å². The molecule has 1 heteroatoms. The lowest BCUT2D eigenvalue weighted by Gasteiger charge is -1.98. The fourth-order valence-corrected chi connectivity index (χ4v) is 1.27. The monoisotopic (exact) mass is 182 g/mol. The van der Waals surface area contributed by atoms with E-state index in [0.717, 1.165) is 16.7 Å². The lowest BCUT2D eigenvalue weighted by atomic mass is 10.1. The van der Waals surface area contributed by atoms with Gasteiger partial charge in [-0.2, -0.15) is 0 Å². The molecule has 2 aromatic rings. The van der Waals surface area contributed by atoms with Gasteiger partial charge in [-0.3, -0.25) is 0 Å². The van der Waals surface area contributed by atoms with Gasteiger partial charge in [-0.05, 0) is 42.3 Å². The lowest BCUT2D eigenvalue weighted by Crippen LogP contribution is -1.75. The summed E-state index contributed by atoms with van der Waals surface area (Å²) in [7, 11) is 0. The molecular weight excluding hydrogens is 172 g/mol. The zero-order valence-electron chi connectivity index (χ0n) is 7.91. The average molecular weight is 182 g/mol. The Bertz CT molecular complexity index is 368. The molecule has 0 aromatic heterocycles. The Morgan fingerprint density at radius 1 is 0.929 bits per heavy atom. The number of aryl methyl sites for hydroxylation is 1. The van der Waals surface area contributed by atoms with Crippen molar-refractivity contribution in [2.24, 2.45) is 0 Å². The molecule has 0 unspecified atom stereocenters. The molecule has 1 N–H and O–H groups in total. The van der Waals surface area contributed by atoms with Gasteiger partial charge in [-0.25, -0.2) is 0 Å². The molecule has 0 spiro atoms. The van der Waals surface area contributed by atoms with Crippen LogP contribution in [0.5, 0.6) is 5.75 Å². The van der Waals surface area contributed by atoms with Gasteiger partial charge in [-0.15, -0.1) is 0 Å². The quantitative estimate of drug-likeness (QED) is 0.718. The molecule has 0 heterocycles. The normalized spacial score (nSPS) is 9.50. The van der Waals surface area contributed by atoms with Crippen molar-refractivity contribution in [1.82, 2.24) is 0 Å². The van der Waals surface area contributed by atoms with Crippen molar-refractivity contribution in [2.75, 3.05) is 0 Å². The molecular formula is C13H10O. The van der Waals surface area contributed by atoms with Crippen LogP contribution in [-0.4, -0.2) is 5.11 Å². The van der Waals surface area contributed by atoms with Gasteiger partial charge in [0.15, 0.2) is 0 Å². The summed E-state index contributed by atoms with van der Waals surface area (Å²) in [6.45, 7) is 1.98. The first-order chi connectivity index (χ1) is 6.75. The summed E-state index contributed by atoms with van der Waals surface area (Å²) in [4.78, 5) is 0. The fourth-order valence-electron chi connectivity index (χ4n) is 1.27. The Labute approximate surface area is 83.6 Å². The van der Waals surface area contributed by atoms with Crippen molar-refractivity contribution >= 4 is 0 Å². The predicted molar refractivity (Wildman–Crippen MR) is 56.0 cm³/mol. The van der Waals surface area contributed by atoms with Crippen LogP contribution in [0.2, 0.25) is 0 Å². The molecule has 0 aliphatic carbocycles. The maximum absolute atomic E-state index is 9.13. The third-order valence-corrected chi connectivity index (χ3v) is 2.07. The van der Waals surface area contributed by atoms with Crippen LogP contribution in [0.4, 0.5) is 0 Å². The number of benzene rings is 1. The molecule has 68 valence electrons. The van der Waals surface area contributed by atoms with E-state index in [0.29, 0.717) is 0 Å². The highest BCUT2D eigenvalue weighted by Gasteiger charge is 1.95. The molecule has 0 amide bonds. The van der Waals surface area contributed by atoms with E-state index in [1.54, 1.807) is 12.1 Å². The average Bonchev–Trinajstić information content (AvgIpc) is 2.21. The molecule has 0 bridgehead atoms. The van der Waals surface area contributed by atoms with E-state index in [1.165, 1.54) is 0 Å². The number of rotatable bonds is 1. The van der Waals surface area contributed by atoms with Crippen LogP contribution in [0.15, 0.2) is 36.4 Å². The second-order valence-electron chi connectivity index (χ2n) is 3.23. The van der Waals surface area contributed by atoms with E-state index >= 15 is 0 Å². The second kappa shape index (κ2) is 3.43. The van der Waals surface area contributed by atoms with Crippen molar-refractivity contribution < 1.29 is 5.11 Å². The Kier molecular flexibility index (Phi) is 2.12. The summed E-state index contributed by atoms with van der Waals surface area (Å²) in [5.74, 6) is 0.282. The third kappa shape index (κ3) is 1.70. The minimum absolute atomic E-state index is 0.282. The Morgan fingerprint density at radius 3 is 2.21 bits per heavy atom. The van der Waals surface area contributed by atoms with E-state index in [2.05, 4.69) is 12.1 Å². The maximum atomic E-state index is 9.13. The summed E-state index contributed by atoms with van der Waals surface area (Å²) in [6.07, 6.45) is 0. The van der Waals surface area contributed by atoms with Gasteiger partial charge >= 0.3 is 0 Å². The first-order valence-electron chi connectivity index (χ1n) is 4.46. The molecule has 2 rings (SSSR count). The van der Waals surface area contributed by atoms with Gasteiger partial charge in [-0.1, -0.05) is 24.3 Å². The Morgan fingerprint density at radius 2 is 1.64 bits per heavy atom. The molecule has 2 aromatic carbocycles. The first-order valence-corrected chi connectivity index (χ1v) is 4.46. The van der Waals surface area contributed by atoms with Gasteiger partial charge in [0, 0.05) is 5.56 Å². The number of phenolic OH excluding ortho intramolecular Hbond substituents is 1. The molecule has 1 nitrogen and oxygen atoms in total. The van der Waals surface area contributed by atoms with Crippen molar-refractivity contribution in [3.05, 3.63) is 54.1 Å².